The highest BCUT2D eigenvalue weighted by Gasteiger charge is 2.30. The maximum Gasteiger partial charge on any atom is 0.236 e. The van der Waals surface area contributed by atoms with Gasteiger partial charge < -0.3 is 9.80 Å². The van der Waals surface area contributed by atoms with Crippen LogP contribution in [-0.2, 0) is 9.59 Å². The number of rotatable bonds is 5. The average Bonchev–Trinajstić information content (AvgIpc) is 3.03. The second kappa shape index (κ2) is 10.1. The van der Waals surface area contributed by atoms with Crippen molar-refractivity contribution in [2.75, 3.05) is 39.8 Å². The lowest BCUT2D eigenvalue weighted by atomic mass is 9.95. The Kier molecular flexibility index (Phi) is 7.49. The summed E-state index contributed by atoms with van der Waals surface area (Å²) in [5.74, 6) is 0.641. The molecular formula is C23H35N3O2. The van der Waals surface area contributed by atoms with Crippen LogP contribution >= 0.6 is 0 Å². The maximum absolute atomic E-state index is 12.8. The van der Waals surface area contributed by atoms with E-state index in [0.29, 0.717) is 12.5 Å². The first-order valence-corrected chi connectivity index (χ1v) is 10.9. The van der Waals surface area contributed by atoms with Crippen LogP contribution in [0.4, 0.5) is 0 Å². The third kappa shape index (κ3) is 5.34. The number of piperidine rings is 1. The van der Waals surface area contributed by atoms with Gasteiger partial charge in [0.2, 0.25) is 11.8 Å². The van der Waals surface area contributed by atoms with E-state index in [1.807, 2.05) is 30.1 Å². The molecule has 0 aliphatic carbocycles. The molecule has 154 valence electrons. The van der Waals surface area contributed by atoms with Gasteiger partial charge in [-0.05, 0) is 51.3 Å². The molecule has 2 aliphatic heterocycles. The van der Waals surface area contributed by atoms with E-state index in [2.05, 4.69) is 28.9 Å². The van der Waals surface area contributed by atoms with E-state index in [4.69, 9.17) is 0 Å². The minimum Gasteiger partial charge on any atom is -0.342 e. The van der Waals surface area contributed by atoms with Crippen LogP contribution in [0.5, 0.6) is 0 Å². The zero-order chi connectivity index (χ0) is 19.9. The van der Waals surface area contributed by atoms with Gasteiger partial charge in [-0.3, -0.25) is 14.5 Å². The maximum atomic E-state index is 12.8. The summed E-state index contributed by atoms with van der Waals surface area (Å²) in [5.41, 5.74) is 1.15. The van der Waals surface area contributed by atoms with Crippen molar-refractivity contribution >= 4 is 11.8 Å². The van der Waals surface area contributed by atoms with Crippen LogP contribution in [-0.4, -0.2) is 66.3 Å². The van der Waals surface area contributed by atoms with Crippen molar-refractivity contribution in [3.8, 4) is 0 Å². The molecule has 2 amide bonds. The van der Waals surface area contributed by atoms with Gasteiger partial charge in [-0.25, -0.2) is 0 Å². The van der Waals surface area contributed by atoms with Crippen LogP contribution in [0.25, 0.3) is 0 Å². The number of benzene rings is 1. The molecule has 3 rings (SSSR count). The zero-order valence-electron chi connectivity index (χ0n) is 17.5. The Bertz CT molecular complexity index is 633. The Morgan fingerprint density at radius 1 is 1.00 bits per heavy atom. The molecule has 1 unspecified atom stereocenters. The van der Waals surface area contributed by atoms with Crippen molar-refractivity contribution < 1.29 is 9.59 Å². The van der Waals surface area contributed by atoms with E-state index in [1.165, 1.54) is 12.8 Å². The van der Waals surface area contributed by atoms with E-state index < -0.39 is 0 Å². The van der Waals surface area contributed by atoms with Gasteiger partial charge in [0.05, 0.1) is 12.6 Å². The Morgan fingerprint density at radius 2 is 1.61 bits per heavy atom. The SMILES string of the molecule is CC(c1ccccc1)N(C)C(=O)CN1CCC(C(=O)N2CCCCCC2)CC1. The van der Waals surface area contributed by atoms with E-state index in [-0.39, 0.29) is 17.9 Å². The van der Waals surface area contributed by atoms with Crippen LogP contribution in [0.3, 0.4) is 0 Å². The smallest absolute Gasteiger partial charge is 0.236 e. The van der Waals surface area contributed by atoms with E-state index >= 15 is 0 Å². The molecule has 1 aromatic carbocycles. The lowest BCUT2D eigenvalue weighted by Gasteiger charge is -2.35. The fourth-order valence-corrected chi connectivity index (χ4v) is 4.36. The first kappa shape index (κ1) is 20.8. The fourth-order valence-electron chi connectivity index (χ4n) is 4.36. The molecule has 1 atom stereocenters. The first-order chi connectivity index (χ1) is 13.6. The Hall–Kier alpha value is -1.88. The van der Waals surface area contributed by atoms with Crippen molar-refractivity contribution in [3.63, 3.8) is 0 Å². The molecular weight excluding hydrogens is 350 g/mol. The average molecular weight is 386 g/mol. The molecule has 5 heteroatoms. The van der Waals surface area contributed by atoms with Crippen molar-refractivity contribution in [1.82, 2.24) is 14.7 Å². The molecule has 2 aliphatic rings. The summed E-state index contributed by atoms with van der Waals surface area (Å²) in [7, 11) is 1.88. The summed E-state index contributed by atoms with van der Waals surface area (Å²) in [6, 6.07) is 10.2. The number of nitrogens with zero attached hydrogens (tertiary/aromatic N) is 3. The van der Waals surface area contributed by atoms with E-state index in [0.717, 1.165) is 57.4 Å². The highest BCUT2D eigenvalue weighted by molar-refractivity contribution is 5.80. The Morgan fingerprint density at radius 3 is 2.21 bits per heavy atom. The van der Waals surface area contributed by atoms with Crippen molar-refractivity contribution in [2.45, 2.75) is 51.5 Å². The zero-order valence-corrected chi connectivity index (χ0v) is 17.5. The molecule has 0 bridgehead atoms. The molecule has 28 heavy (non-hydrogen) atoms. The van der Waals surface area contributed by atoms with Gasteiger partial charge in [0, 0.05) is 26.1 Å². The van der Waals surface area contributed by atoms with Gasteiger partial charge in [0.1, 0.15) is 0 Å². The summed E-state index contributed by atoms with van der Waals surface area (Å²) in [4.78, 5) is 31.7. The van der Waals surface area contributed by atoms with Gasteiger partial charge in [-0.2, -0.15) is 0 Å². The molecule has 2 saturated heterocycles. The van der Waals surface area contributed by atoms with Crippen LogP contribution in [0.1, 0.15) is 57.1 Å². The lowest BCUT2D eigenvalue weighted by molar-refractivity contribution is -0.137. The van der Waals surface area contributed by atoms with Gasteiger partial charge in [0.15, 0.2) is 0 Å². The Labute approximate surface area is 169 Å². The second-order valence-corrected chi connectivity index (χ2v) is 8.38. The third-order valence-corrected chi connectivity index (χ3v) is 6.47. The third-order valence-electron chi connectivity index (χ3n) is 6.47. The minimum absolute atomic E-state index is 0.0656. The molecule has 5 nitrogen and oxygen atoms in total. The molecule has 0 spiro atoms. The van der Waals surface area contributed by atoms with Crippen molar-refractivity contribution in [1.29, 1.82) is 0 Å². The lowest BCUT2D eigenvalue weighted by Crippen LogP contribution is -2.46. The van der Waals surface area contributed by atoms with Crippen molar-refractivity contribution in [2.24, 2.45) is 5.92 Å². The standard InChI is InChI=1S/C23H35N3O2/c1-19(20-10-6-5-7-11-20)24(2)22(27)18-25-16-12-21(13-17-25)23(28)26-14-8-3-4-9-15-26/h5-7,10-11,19,21H,3-4,8-9,12-18H2,1-2H3. The molecule has 0 saturated carbocycles. The van der Waals surface area contributed by atoms with Crippen LogP contribution in [0.2, 0.25) is 0 Å². The number of amides is 2. The normalized spacial score (nSPS) is 20.4. The van der Waals surface area contributed by atoms with Gasteiger partial charge in [-0.15, -0.1) is 0 Å². The minimum atomic E-state index is 0.0656. The molecule has 2 heterocycles. The van der Waals surface area contributed by atoms with Crippen LogP contribution < -0.4 is 0 Å². The van der Waals surface area contributed by atoms with Gasteiger partial charge >= 0.3 is 0 Å². The number of carbonyl (C=O) groups excluding carboxylic acids is 2. The predicted octanol–water partition coefficient (Wildman–Crippen LogP) is 3.32. The van der Waals surface area contributed by atoms with Gasteiger partial charge in [0.25, 0.3) is 0 Å². The summed E-state index contributed by atoms with van der Waals surface area (Å²) in [5, 5.41) is 0. The highest BCUT2D eigenvalue weighted by atomic mass is 16.2. The molecule has 1 aromatic rings. The van der Waals surface area contributed by atoms with Gasteiger partial charge in [-0.1, -0.05) is 43.2 Å². The Balaban J connectivity index is 1.45. The number of likely N-dealkylation sites (tertiary alicyclic amines) is 2. The van der Waals surface area contributed by atoms with E-state index in [9.17, 15) is 9.59 Å². The van der Waals surface area contributed by atoms with Crippen LogP contribution in [0, 0.1) is 5.92 Å². The highest BCUT2D eigenvalue weighted by Crippen LogP contribution is 2.23. The first-order valence-electron chi connectivity index (χ1n) is 10.9. The van der Waals surface area contributed by atoms with Crippen LogP contribution in [0.15, 0.2) is 30.3 Å². The number of carbonyl (C=O) groups is 2. The fraction of sp³-hybridized carbons (Fsp3) is 0.652. The topological polar surface area (TPSA) is 43.9 Å². The number of likely N-dealkylation sites (N-methyl/N-ethyl adjacent to an activating group) is 1. The monoisotopic (exact) mass is 385 g/mol. The molecule has 0 aromatic heterocycles. The number of hydrogen-bond acceptors (Lipinski definition) is 3. The summed E-state index contributed by atoms with van der Waals surface area (Å²) >= 11 is 0. The summed E-state index contributed by atoms with van der Waals surface area (Å²) < 4.78 is 0. The van der Waals surface area contributed by atoms with E-state index in [1.54, 1.807) is 0 Å². The molecule has 0 radical (unpaired) electrons. The predicted molar refractivity (Wildman–Crippen MR) is 112 cm³/mol. The second-order valence-electron chi connectivity index (χ2n) is 8.38. The molecule has 2 fully saturated rings. The molecule has 0 N–H and O–H groups in total. The quantitative estimate of drug-likeness (QED) is 0.781. The summed E-state index contributed by atoms with van der Waals surface area (Å²) in [6.45, 7) is 6.05. The number of hydrogen-bond donors (Lipinski definition) is 0. The van der Waals surface area contributed by atoms with Crippen molar-refractivity contribution in [3.05, 3.63) is 35.9 Å². The summed E-state index contributed by atoms with van der Waals surface area (Å²) in [6.07, 6.45) is 6.54. The largest absolute Gasteiger partial charge is 0.342 e.